The molecule has 0 radical (unpaired) electrons. The van der Waals surface area contributed by atoms with Gasteiger partial charge in [-0.3, -0.25) is 13.6 Å². The maximum Gasteiger partial charge on any atom is 0.475 e. The highest BCUT2D eigenvalue weighted by Crippen LogP contribution is 2.55. The Morgan fingerprint density at radius 1 is 0.233 bits per heavy atom. The summed E-state index contributed by atoms with van der Waals surface area (Å²) in [6.45, 7) is -1.29. The molecule has 12 aromatic rings. The van der Waals surface area contributed by atoms with Crippen molar-refractivity contribution in [3.8, 4) is 17.2 Å². The number of benzene rings is 12. The van der Waals surface area contributed by atoms with E-state index in [0.717, 1.165) is 66.8 Å². The third kappa shape index (κ3) is 10.9. The first-order valence-electron chi connectivity index (χ1n) is 28.7. The molecule has 0 bridgehead atoms. The lowest BCUT2D eigenvalue weighted by atomic mass is 9.65. The van der Waals surface area contributed by atoms with Crippen molar-refractivity contribution < 1.29 is 33.5 Å². The van der Waals surface area contributed by atoms with E-state index in [2.05, 4.69) is 109 Å². The quantitative estimate of drug-likeness (QED) is 0.0486. The molecular formula is C78H63O7P. The fraction of sp³-hybridized carbons (Fsp3) is 0.0769. The van der Waals surface area contributed by atoms with Crippen LogP contribution in [-0.4, -0.2) is 15.3 Å². The smallest absolute Gasteiger partial charge is 0.475 e. The molecule has 0 fully saturated rings. The van der Waals surface area contributed by atoms with Gasteiger partial charge in [0.2, 0.25) is 0 Å². The monoisotopic (exact) mass is 1140 g/mol. The van der Waals surface area contributed by atoms with Gasteiger partial charge >= 0.3 is 7.82 Å². The lowest BCUT2D eigenvalue weighted by Crippen LogP contribution is -2.31. The van der Waals surface area contributed by atoms with Gasteiger partial charge in [0, 0.05) is 16.7 Å². The van der Waals surface area contributed by atoms with Gasteiger partial charge in [-0.05, 0) is 103 Å². The topological polar surface area (TPSA) is 105 Å². The van der Waals surface area contributed by atoms with Crippen LogP contribution in [0.2, 0.25) is 0 Å². The molecule has 12 aromatic carbocycles. The number of phosphoric acid groups is 1. The molecule has 0 spiro atoms. The first kappa shape index (κ1) is 56.6. The molecular weight excluding hydrogens is 1080 g/mol. The zero-order chi connectivity index (χ0) is 58.8. The van der Waals surface area contributed by atoms with E-state index in [1.54, 1.807) is 18.2 Å². The molecule has 7 nitrogen and oxygen atoms in total. The predicted molar refractivity (Wildman–Crippen MR) is 341 cm³/mol. The molecule has 422 valence electrons. The van der Waals surface area contributed by atoms with Crippen molar-refractivity contribution in [3.63, 3.8) is 0 Å². The van der Waals surface area contributed by atoms with Crippen LogP contribution in [-0.2, 0) is 54.2 Å². The van der Waals surface area contributed by atoms with E-state index in [1.807, 2.05) is 200 Å². The molecule has 0 aliphatic carbocycles. The highest BCUT2D eigenvalue weighted by molar-refractivity contribution is 7.48. The number of hydrogen-bond donors (Lipinski definition) is 3. The standard InChI is InChI=1S/C78H63O7P/c79-73-49-46-70(76(61-28-10-1-11-29-61,62-30-12-2-13-31-62)63-32-14-3-15-33-63)52-58(73)55-83-86(82,84-56-59-53-71(47-50-74(59)80)77(64-34-16-4-17-35-64,65-36-18-5-19-37-65)66-38-20-6-21-39-66)85-57-60-54-72(48-51-75(60)81)78(67-40-22-7-23-41-67,68-42-24-8-25-43-68)69-44-26-9-27-45-69/h1-54,79-81H,55-57H2. The minimum Gasteiger partial charge on any atom is -0.508 e. The van der Waals surface area contributed by atoms with Gasteiger partial charge in [0.05, 0.1) is 36.1 Å². The number of rotatable bonds is 21. The Morgan fingerprint density at radius 2 is 0.395 bits per heavy atom. The second-order valence-electron chi connectivity index (χ2n) is 21.3. The summed E-state index contributed by atoms with van der Waals surface area (Å²) in [7, 11) is -4.80. The van der Waals surface area contributed by atoms with Crippen LogP contribution < -0.4 is 0 Å². The Kier molecular flexibility index (Phi) is 16.6. The van der Waals surface area contributed by atoms with Crippen LogP contribution in [0.15, 0.2) is 328 Å². The lowest BCUT2D eigenvalue weighted by molar-refractivity contribution is 0.0963. The molecule has 0 saturated heterocycles. The minimum absolute atomic E-state index is 0.0998. The van der Waals surface area contributed by atoms with Crippen LogP contribution in [0, 0.1) is 0 Å². The molecule has 86 heavy (non-hydrogen) atoms. The van der Waals surface area contributed by atoms with Crippen molar-refractivity contribution in [1.29, 1.82) is 0 Å². The van der Waals surface area contributed by atoms with Crippen LogP contribution in [0.3, 0.4) is 0 Å². The second kappa shape index (κ2) is 25.2. The van der Waals surface area contributed by atoms with E-state index >= 15 is 4.57 Å². The maximum absolute atomic E-state index is 16.0. The summed E-state index contributed by atoms with van der Waals surface area (Å²) >= 11 is 0. The first-order valence-corrected chi connectivity index (χ1v) is 30.2. The number of phosphoric ester groups is 1. The minimum atomic E-state index is -4.80. The summed E-state index contributed by atoms with van der Waals surface area (Å²) in [6.07, 6.45) is 0. The van der Waals surface area contributed by atoms with E-state index in [0.29, 0.717) is 16.7 Å². The summed E-state index contributed by atoms with van der Waals surface area (Å²) in [5, 5.41) is 35.6. The third-order valence-corrected chi connectivity index (χ3v) is 17.9. The lowest BCUT2D eigenvalue weighted by Gasteiger charge is -2.37. The Labute approximate surface area is 503 Å². The molecule has 0 atom stereocenters. The van der Waals surface area contributed by atoms with E-state index in [9.17, 15) is 15.3 Å². The van der Waals surface area contributed by atoms with Gasteiger partial charge < -0.3 is 15.3 Å². The van der Waals surface area contributed by atoms with Crippen LogP contribution >= 0.6 is 7.82 Å². The number of phenolic OH excluding ortho intramolecular Hbond substituents is 3. The van der Waals surface area contributed by atoms with Gasteiger partial charge in [0.25, 0.3) is 0 Å². The molecule has 0 aliphatic heterocycles. The van der Waals surface area contributed by atoms with Crippen molar-refractivity contribution in [1.82, 2.24) is 0 Å². The van der Waals surface area contributed by atoms with Crippen molar-refractivity contribution in [2.24, 2.45) is 0 Å². The molecule has 0 heterocycles. The van der Waals surface area contributed by atoms with Crippen LogP contribution in [0.4, 0.5) is 0 Å². The fourth-order valence-electron chi connectivity index (χ4n) is 12.6. The highest BCUT2D eigenvalue weighted by Gasteiger charge is 2.42. The average molecular weight is 1140 g/mol. The van der Waals surface area contributed by atoms with Gasteiger partial charge in [-0.2, -0.15) is 0 Å². The van der Waals surface area contributed by atoms with Crippen molar-refractivity contribution in [3.05, 3.63) is 411 Å². The van der Waals surface area contributed by atoms with Crippen molar-refractivity contribution >= 4 is 7.82 Å². The Balaban J connectivity index is 0.965. The number of hydrogen-bond acceptors (Lipinski definition) is 7. The van der Waals surface area contributed by atoms with E-state index < -0.39 is 43.9 Å². The van der Waals surface area contributed by atoms with E-state index in [4.69, 9.17) is 13.6 Å². The van der Waals surface area contributed by atoms with Gasteiger partial charge in [0.1, 0.15) is 17.2 Å². The zero-order valence-corrected chi connectivity index (χ0v) is 48.1. The van der Waals surface area contributed by atoms with Crippen molar-refractivity contribution in [2.45, 2.75) is 36.1 Å². The van der Waals surface area contributed by atoms with Gasteiger partial charge in [-0.1, -0.05) is 291 Å². The number of phenols is 3. The van der Waals surface area contributed by atoms with Crippen LogP contribution in [0.5, 0.6) is 17.2 Å². The molecule has 0 saturated carbocycles. The number of aromatic hydroxyl groups is 3. The van der Waals surface area contributed by atoms with Gasteiger partial charge in [0.15, 0.2) is 0 Å². The van der Waals surface area contributed by atoms with Crippen LogP contribution in [0.25, 0.3) is 0 Å². The fourth-order valence-corrected chi connectivity index (χ4v) is 13.7. The van der Waals surface area contributed by atoms with E-state index in [1.165, 1.54) is 0 Å². The van der Waals surface area contributed by atoms with Crippen LogP contribution in [0.1, 0.15) is 83.5 Å². The molecule has 0 amide bonds. The maximum atomic E-state index is 16.0. The summed E-state index contributed by atoms with van der Waals surface area (Å²) in [6, 6.07) is 108. The molecule has 12 rings (SSSR count). The normalized spacial score (nSPS) is 12.0. The molecule has 0 aromatic heterocycles. The Bertz CT molecular complexity index is 3490. The average Bonchev–Trinajstić information content (AvgIpc) is 0.859. The molecule has 0 aliphatic rings. The summed E-state index contributed by atoms with van der Waals surface area (Å²) < 4.78 is 35.5. The molecule has 0 unspecified atom stereocenters. The predicted octanol–water partition coefficient (Wildman–Crippen LogP) is 18.0. The molecule has 8 heteroatoms. The zero-order valence-electron chi connectivity index (χ0n) is 47.2. The largest absolute Gasteiger partial charge is 0.508 e. The summed E-state index contributed by atoms with van der Waals surface area (Å²) in [5.41, 5.74) is 9.65. The second-order valence-corrected chi connectivity index (χ2v) is 23.0. The third-order valence-electron chi connectivity index (χ3n) is 16.5. The summed E-state index contributed by atoms with van der Waals surface area (Å²) in [4.78, 5) is 0. The first-order chi connectivity index (χ1) is 42.2. The van der Waals surface area contributed by atoms with Gasteiger partial charge in [-0.15, -0.1) is 0 Å². The Hall–Kier alpha value is -9.85. The SMILES string of the molecule is O=P(OCc1cc(C(c2ccccc2)(c2ccccc2)c2ccccc2)ccc1O)(OCc1cc(C(c2ccccc2)(c2ccccc2)c2ccccc2)ccc1O)OCc1cc(C(c2ccccc2)(c2ccccc2)c2ccccc2)ccc1O. The van der Waals surface area contributed by atoms with E-state index in [-0.39, 0.29) is 17.2 Å². The summed E-state index contributed by atoms with van der Waals surface area (Å²) in [5.74, 6) is -0.299. The van der Waals surface area contributed by atoms with Crippen molar-refractivity contribution in [2.75, 3.05) is 0 Å². The highest BCUT2D eigenvalue weighted by atomic mass is 31.2. The Morgan fingerprint density at radius 3 is 0.558 bits per heavy atom. The molecule has 3 N–H and O–H groups in total. The van der Waals surface area contributed by atoms with Gasteiger partial charge in [-0.25, -0.2) is 4.57 Å².